The van der Waals surface area contributed by atoms with E-state index >= 15 is 0 Å². The molecule has 184 valence electrons. The molecule has 0 aromatic heterocycles. The highest BCUT2D eigenvalue weighted by Gasteiger charge is 2.38. The van der Waals surface area contributed by atoms with E-state index in [2.05, 4.69) is 10.2 Å². The highest BCUT2D eigenvalue weighted by molar-refractivity contribution is 8.01. The number of hydrogen-bond donors (Lipinski definition) is 1. The van der Waals surface area contributed by atoms with Gasteiger partial charge < -0.3 is 24.8 Å². The maximum atomic E-state index is 13.2. The van der Waals surface area contributed by atoms with Crippen LogP contribution in [0.15, 0.2) is 53.4 Å². The number of carbonyl (C=O) groups is 3. The quantitative estimate of drug-likeness (QED) is 0.659. The highest BCUT2D eigenvalue weighted by Crippen LogP contribution is 2.36. The molecule has 0 saturated carbocycles. The summed E-state index contributed by atoms with van der Waals surface area (Å²) in [7, 11) is 1.67. The van der Waals surface area contributed by atoms with Crippen molar-refractivity contribution in [2.75, 3.05) is 56.6 Å². The van der Waals surface area contributed by atoms with Gasteiger partial charge in [0.2, 0.25) is 17.7 Å². The van der Waals surface area contributed by atoms with Gasteiger partial charge in [0.1, 0.15) is 5.75 Å². The van der Waals surface area contributed by atoms with Crippen molar-refractivity contribution in [2.45, 2.75) is 23.0 Å². The van der Waals surface area contributed by atoms with Gasteiger partial charge in [0.25, 0.3) is 0 Å². The van der Waals surface area contributed by atoms with Crippen molar-refractivity contribution in [3.8, 4) is 5.75 Å². The van der Waals surface area contributed by atoms with E-state index < -0.39 is 5.25 Å². The van der Waals surface area contributed by atoms with Gasteiger partial charge in [0.15, 0.2) is 5.25 Å². The van der Waals surface area contributed by atoms with Crippen molar-refractivity contribution in [2.24, 2.45) is 5.92 Å². The number of piperidine rings is 1. The Hall–Kier alpha value is -3.20. The van der Waals surface area contributed by atoms with E-state index in [-0.39, 0.29) is 23.6 Å². The zero-order chi connectivity index (χ0) is 24.4. The number of para-hydroxylation sites is 3. The molecule has 5 rings (SSSR count). The van der Waals surface area contributed by atoms with Crippen LogP contribution in [-0.2, 0) is 14.4 Å². The maximum absolute atomic E-state index is 13.2. The van der Waals surface area contributed by atoms with Gasteiger partial charge in [0.05, 0.1) is 18.5 Å². The van der Waals surface area contributed by atoms with E-state index in [1.165, 1.54) is 11.8 Å². The van der Waals surface area contributed by atoms with Crippen molar-refractivity contribution >= 4 is 40.9 Å². The Balaban J connectivity index is 1.13. The second-order valence-electron chi connectivity index (χ2n) is 9.07. The summed E-state index contributed by atoms with van der Waals surface area (Å²) in [6, 6.07) is 15.5. The monoisotopic (exact) mass is 494 g/mol. The lowest BCUT2D eigenvalue weighted by Crippen LogP contribution is -2.53. The average molecular weight is 495 g/mol. The van der Waals surface area contributed by atoms with Crippen LogP contribution in [0.1, 0.15) is 12.8 Å². The molecule has 1 atom stereocenters. The number of hydrogen-bond acceptors (Lipinski definition) is 6. The summed E-state index contributed by atoms with van der Waals surface area (Å²) in [5.74, 6) is 0.502. The summed E-state index contributed by atoms with van der Waals surface area (Å²) in [6.45, 7) is 3.88. The minimum Gasteiger partial charge on any atom is -0.495 e. The van der Waals surface area contributed by atoms with Crippen LogP contribution in [0.5, 0.6) is 5.75 Å². The largest absolute Gasteiger partial charge is 0.495 e. The average Bonchev–Trinajstić information content (AvgIpc) is 2.92. The number of carbonyl (C=O) groups excluding carboxylic acids is 3. The van der Waals surface area contributed by atoms with Gasteiger partial charge in [-0.1, -0.05) is 24.3 Å². The minimum atomic E-state index is -0.778. The molecule has 2 fully saturated rings. The van der Waals surface area contributed by atoms with E-state index in [0.717, 1.165) is 35.1 Å². The first-order chi connectivity index (χ1) is 17.0. The highest BCUT2D eigenvalue weighted by atomic mass is 32.2. The lowest BCUT2D eigenvalue weighted by molar-refractivity contribution is -0.141. The molecule has 0 radical (unpaired) electrons. The number of likely N-dealkylation sites (tertiary alicyclic amines) is 1. The zero-order valence-corrected chi connectivity index (χ0v) is 20.6. The summed E-state index contributed by atoms with van der Waals surface area (Å²) in [5, 5.41) is 2.07. The summed E-state index contributed by atoms with van der Waals surface area (Å²) in [4.78, 5) is 45.7. The zero-order valence-electron chi connectivity index (χ0n) is 19.8. The van der Waals surface area contributed by atoms with E-state index in [1.807, 2.05) is 53.4 Å². The van der Waals surface area contributed by atoms with Crippen molar-refractivity contribution in [1.29, 1.82) is 0 Å². The first-order valence-electron chi connectivity index (χ1n) is 12.1. The fraction of sp³-hybridized carbons (Fsp3) is 0.423. The van der Waals surface area contributed by atoms with E-state index in [4.69, 9.17) is 4.74 Å². The number of nitrogens with zero attached hydrogens (tertiary/aromatic N) is 3. The van der Waals surface area contributed by atoms with Gasteiger partial charge in [-0.05, 0) is 37.1 Å². The van der Waals surface area contributed by atoms with Gasteiger partial charge in [-0.15, -0.1) is 11.8 Å². The molecular weight excluding hydrogens is 464 g/mol. The van der Waals surface area contributed by atoms with Gasteiger partial charge in [-0.3, -0.25) is 14.4 Å². The molecular formula is C26H30N4O4S. The third-order valence-electron chi connectivity index (χ3n) is 7.03. The third kappa shape index (κ3) is 4.82. The smallest absolute Gasteiger partial charge is 0.247 e. The van der Waals surface area contributed by atoms with Gasteiger partial charge in [0, 0.05) is 50.1 Å². The van der Waals surface area contributed by atoms with Crippen LogP contribution in [0.3, 0.4) is 0 Å². The molecule has 3 heterocycles. The molecule has 3 amide bonds. The molecule has 0 aliphatic carbocycles. The normalized spacial score (nSPS) is 20.8. The fourth-order valence-corrected chi connectivity index (χ4v) is 6.12. The molecule has 35 heavy (non-hydrogen) atoms. The van der Waals surface area contributed by atoms with Gasteiger partial charge in [-0.2, -0.15) is 0 Å². The van der Waals surface area contributed by atoms with Crippen molar-refractivity contribution < 1.29 is 19.1 Å². The molecule has 0 unspecified atom stereocenters. The third-order valence-corrected chi connectivity index (χ3v) is 8.29. The lowest BCUT2D eigenvalue weighted by atomic mass is 9.94. The Morgan fingerprint density at radius 3 is 2.29 bits per heavy atom. The summed E-state index contributed by atoms with van der Waals surface area (Å²) in [6.07, 6.45) is 1.26. The summed E-state index contributed by atoms with van der Waals surface area (Å²) < 4.78 is 5.48. The standard InChI is InChI=1S/C26H30N4O4S/c1-34-21-8-4-3-7-20(21)28-14-16-30(17-15-28)25(32)18-10-12-29(13-11-18)26(33)23-24(31)27-19-6-2-5-9-22(19)35-23/h2-9,18,23H,10-17H2,1H3,(H,27,31)/t23-/m0/s1. The number of benzene rings is 2. The van der Waals surface area contributed by atoms with Gasteiger partial charge >= 0.3 is 0 Å². The Kier molecular flexibility index (Phi) is 6.86. The number of anilines is 2. The van der Waals surface area contributed by atoms with E-state index in [1.54, 1.807) is 12.0 Å². The molecule has 3 aliphatic rings. The van der Waals surface area contributed by atoms with Crippen LogP contribution in [0, 0.1) is 5.92 Å². The van der Waals surface area contributed by atoms with Crippen molar-refractivity contribution in [1.82, 2.24) is 9.80 Å². The van der Waals surface area contributed by atoms with Crippen molar-refractivity contribution in [3.63, 3.8) is 0 Å². The summed E-state index contributed by atoms with van der Waals surface area (Å²) in [5.41, 5.74) is 1.81. The predicted octanol–water partition coefficient (Wildman–Crippen LogP) is 2.70. The van der Waals surface area contributed by atoms with Gasteiger partial charge in [-0.25, -0.2) is 0 Å². The molecule has 2 saturated heterocycles. The molecule has 0 bridgehead atoms. The van der Waals surface area contributed by atoms with Crippen LogP contribution < -0.4 is 15.0 Å². The first kappa shape index (κ1) is 23.5. The lowest BCUT2D eigenvalue weighted by Gasteiger charge is -2.40. The van der Waals surface area contributed by atoms with Crippen LogP contribution >= 0.6 is 11.8 Å². The minimum absolute atomic E-state index is 0.0783. The first-order valence-corrected chi connectivity index (χ1v) is 12.9. The predicted molar refractivity (Wildman–Crippen MR) is 136 cm³/mol. The van der Waals surface area contributed by atoms with E-state index in [0.29, 0.717) is 39.0 Å². The fourth-order valence-electron chi connectivity index (χ4n) is 5.04. The number of rotatable bonds is 4. The van der Waals surface area contributed by atoms with Crippen molar-refractivity contribution in [3.05, 3.63) is 48.5 Å². The summed E-state index contributed by atoms with van der Waals surface area (Å²) >= 11 is 1.31. The van der Waals surface area contributed by atoms with Crippen LogP contribution in [-0.4, -0.2) is 79.1 Å². The van der Waals surface area contributed by atoms with Crippen LogP contribution in [0.25, 0.3) is 0 Å². The molecule has 8 nitrogen and oxygen atoms in total. The number of thioether (sulfide) groups is 1. The topological polar surface area (TPSA) is 82.2 Å². The maximum Gasteiger partial charge on any atom is 0.247 e. The Morgan fingerprint density at radius 1 is 0.886 bits per heavy atom. The SMILES string of the molecule is COc1ccccc1N1CCN(C(=O)C2CCN(C(=O)[C@H]3Sc4ccccc4NC3=O)CC2)CC1. The molecule has 9 heteroatoms. The van der Waals surface area contributed by atoms with Crippen LogP contribution in [0.2, 0.25) is 0 Å². The number of piperazine rings is 1. The number of nitrogens with one attached hydrogen (secondary N) is 1. The molecule has 3 aliphatic heterocycles. The molecule has 0 spiro atoms. The van der Waals surface area contributed by atoms with Crippen LogP contribution in [0.4, 0.5) is 11.4 Å². The molecule has 2 aromatic carbocycles. The number of methoxy groups -OCH3 is 1. The Bertz CT molecular complexity index is 1110. The Labute approximate surface area is 209 Å². The second kappa shape index (κ2) is 10.2. The molecule has 2 aromatic rings. The number of amides is 3. The molecule has 1 N–H and O–H groups in total. The number of ether oxygens (including phenoxy) is 1. The number of fused-ring (bicyclic) bond motifs is 1. The Morgan fingerprint density at radius 2 is 1.54 bits per heavy atom. The van der Waals surface area contributed by atoms with E-state index in [9.17, 15) is 14.4 Å². The second-order valence-corrected chi connectivity index (χ2v) is 10.2.